The molecule has 1 nitrogen and oxygen atoms in total. The predicted molar refractivity (Wildman–Crippen MR) is 67.8 cm³/mol. The van der Waals surface area contributed by atoms with Gasteiger partial charge >= 0.3 is 0 Å². The molecule has 3 heteroatoms. The van der Waals surface area contributed by atoms with E-state index >= 15 is 0 Å². The lowest BCUT2D eigenvalue weighted by molar-refractivity contribution is 0.523. The molecule has 0 bridgehead atoms. The summed E-state index contributed by atoms with van der Waals surface area (Å²) in [5.74, 6) is 0. The zero-order valence-electron chi connectivity index (χ0n) is 9.19. The molecule has 0 spiro atoms. The minimum atomic E-state index is 0.328. The summed E-state index contributed by atoms with van der Waals surface area (Å²) in [5.41, 5.74) is 1.14. The van der Waals surface area contributed by atoms with Gasteiger partial charge in [0.1, 0.15) is 0 Å². The van der Waals surface area contributed by atoms with Gasteiger partial charge in [-0.1, -0.05) is 49.0 Å². The highest BCUT2D eigenvalue weighted by atomic mass is 35.5. The maximum atomic E-state index is 6.16. The second kappa shape index (κ2) is 6.37. The first kappa shape index (κ1) is 12.8. The summed E-state index contributed by atoms with van der Waals surface area (Å²) in [5, 5.41) is 4.72. The number of unbranched alkanes of at least 4 members (excludes halogenated alkanes) is 1. The third-order valence-corrected chi connectivity index (χ3v) is 3.10. The first-order valence-corrected chi connectivity index (χ1v) is 6.06. The Morgan fingerprint density at radius 2 is 2.07 bits per heavy atom. The fourth-order valence-electron chi connectivity index (χ4n) is 1.65. The summed E-state index contributed by atoms with van der Waals surface area (Å²) >= 11 is 12.0. The van der Waals surface area contributed by atoms with E-state index in [1.54, 1.807) is 6.07 Å². The van der Waals surface area contributed by atoms with Crippen molar-refractivity contribution in [3.63, 3.8) is 0 Å². The fraction of sp³-hybridized carbons (Fsp3) is 0.500. The monoisotopic (exact) mass is 245 g/mol. The van der Waals surface area contributed by atoms with Gasteiger partial charge in [-0.3, -0.25) is 0 Å². The van der Waals surface area contributed by atoms with Crippen molar-refractivity contribution in [2.45, 2.75) is 32.2 Å². The lowest BCUT2D eigenvalue weighted by Crippen LogP contribution is -2.16. The predicted octanol–water partition coefficient (Wildman–Crippen LogP) is 4.44. The van der Waals surface area contributed by atoms with Crippen LogP contribution in [0.15, 0.2) is 18.2 Å². The van der Waals surface area contributed by atoms with Crippen molar-refractivity contribution < 1.29 is 0 Å². The Labute approximate surface area is 102 Å². The second-order valence-electron chi connectivity index (χ2n) is 3.65. The van der Waals surface area contributed by atoms with E-state index in [1.165, 1.54) is 12.8 Å². The minimum Gasteiger partial charge on any atom is -0.313 e. The largest absolute Gasteiger partial charge is 0.313 e. The molecule has 0 saturated heterocycles. The van der Waals surface area contributed by atoms with E-state index in [4.69, 9.17) is 23.2 Å². The normalized spacial score (nSPS) is 12.8. The molecule has 0 aliphatic carbocycles. The molecule has 0 aromatic heterocycles. The van der Waals surface area contributed by atoms with Gasteiger partial charge in [0.2, 0.25) is 0 Å². The van der Waals surface area contributed by atoms with E-state index in [0.717, 1.165) is 17.0 Å². The number of hydrogen-bond acceptors (Lipinski definition) is 1. The molecule has 1 N–H and O–H groups in total. The Hall–Kier alpha value is -0.240. The Kier molecular flexibility index (Phi) is 5.44. The zero-order valence-corrected chi connectivity index (χ0v) is 10.7. The number of benzene rings is 1. The summed E-state index contributed by atoms with van der Waals surface area (Å²) in [4.78, 5) is 0. The molecule has 15 heavy (non-hydrogen) atoms. The summed E-state index contributed by atoms with van der Waals surface area (Å²) in [6, 6.07) is 6.02. The van der Waals surface area contributed by atoms with Crippen LogP contribution in [-0.2, 0) is 0 Å². The van der Waals surface area contributed by atoms with Crippen molar-refractivity contribution in [2.24, 2.45) is 0 Å². The average Bonchev–Trinajstić information content (AvgIpc) is 2.21. The van der Waals surface area contributed by atoms with E-state index in [0.29, 0.717) is 11.1 Å². The van der Waals surface area contributed by atoms with Gasteiger partial charge in [-0.25, -0.2) is 0 Å². The average molecular weight is 246 g/mol. The van der Waals surface area contributed by atoms with E-state index in [-0.39, 0.29) is 0 Å². The molecule has 0 aliphatic rings. The van der Waals surface area contributed by atoms with Gasteiger partial charge in [0, 0.05) is 16.1 Å². The highest BCUT2D eigenvalue weighted by Gasteiger charge is 2.12. The van der Waals surface area contributed by atoms with Crippen LogP contribution < -0.4 is 5.32 Å². The van der Waals surface area contributed by atoms with Gasteiger partial charge in [0.15, 0.2) is 0 Å². The van der Waals surface area contributed by atoms with E-state index < -0.39 is 0 Å². The number of hydrogen-bond donors (Lipinski definition) is 1. The van der Waals surface area contributed by atoms with Crippen LogP contribution in [0.5, 0.6) is 0 Å². The van der Waals surface area contributed by atoms with Crippen molar-refractivity contribution in [1.29, 1.82) is 0 Å². The number of halogens is 2. The third kappa shape index (κ3) is 3.67. The van der Waals surface area contributed by atoms with Crippen molar-refractivity contribution in [3.8, 4) is 0 Å². The zero-order chi connectivity index (χ0) is 11.3. The molecule has 0 saturated carbocycles. The molecular weight excluding hydrogens is 229 g/mol. The molecular formula is C12H17Cl2N. The van der Waals surface area contributed by atoms with Crippen LogP contribution in [0.3, 0.4) is 0 Å². The first-order chi connectivity index (χ1) is 7.19. The molecule has 1 atom stereocenters. The molecule has 0 amide bonds. The van der Waals surface area contributed by atoms with Crippen molar-refractivity contribution in [3.05, 3.63) is 33.8 Å². The molecule has 1 aromatic rings. The highest BCUT2D eigenvalue weighted by molar-refractivity contribution is 6.35. The Balaban J connectivity index is 2.81. The maximum absolute atomic E-state index is 6.16. The van der Waals surface area contributed by atoms with Gasteiger partial charge in [-0.05, 0) is 31.2 Å². The van der Waals surface area contributed by atoms with Crippen LogP contribution in [0, 0.1) is 0 Å². The molecule has 0 radical (unpaired) electrons. The van der Waals surface area contributed by atoms with E-state index in [9.17, 15) is 0 Å². The SMILES string of the molecule is CCCCC(NC)c1ccc(Cl)cc1Cl. The van der Waals surface area contributed by atoms with Gasteiger partial charge < -0.3 is 5.32 Å². The van der Waals surface area contributed by atoms with Gasteiger partial charge in [0.05, 0.1) is 0 Å². The molecule has 84 valence electrons. The maximum Gasteiger partial charge on any atom is 0.0468 e. The standard InChI is InChI=1S/C12H17Cl2N/c1-3-4-5-12(15-2)10-7-6-9(13)8-11(10)14/h6-8,12,15H,3-5H2,1-2H3. The first-order valence-electron chi connectivity index (χ1n) is 5.31. The summed E-state index contributed by atoms with van der Waals surface area (Å²) in [6.07, 6.45) is 3.50. The molecule has 1 aromatic carbocycles. The Morgan fingerprint density at radius 1 is 1.33 bits per heavy atom. The number of nitrogens with one attached hydrogen (secondary N) is 1. The van der Waals surface area contributed by atoms with E-state index in [1.807, 2.05) is 19.2 Å². The van der Waals surface area contributed by atoms with Crippen LogP contribution in [-0.4, -0.2) is 7.05 Å². The third-order valence-electron chi connectivity index (χ3n) is 2.53. The van der Waals surface area contributed by atoms with E-state index in [2.05, 4.69) is 12.2 Å². The summed E-state index contributed by atoms with van der Waals surface area (Å²) in [6.45, 7) is 2.19. The summed E-state index contributed by atoms with van der Waals surface area (Å²) < 4.78 is 0. The molecule has 1 unspecified atom stereocenters. The molecule has 1 rings (SSSR count). The smallest absolute Gasteiger partial charge is 0.0468 e. The molecule has 0 fully saturated rings. The lowest BCUT2D eigenvalue weighted by Gasteiger charge is -2.17. The van der Waals surface area contributed by atoms with Crippen molar-refractivity contribution in [2.75, 3.05) is 7.05 Å². The Morgan fingerprint density at radius 3 is 2.60 bits per heavy atom. The van der Waals surface area contributed by atoms with Crippen molar-refractivity contribution in [1.82, 2.24) is 5.32 Å². The van der Waals surface area contributed by atoms with Crippen LogP contribution in [0.1, 0.15) is 37.8 Å². The summed E-state index contributed by atoms with van der Waals surface area (Å²) in [7, 11) is 1.96. The van der Waals surface area contributed by atoms with Crippen LogP contribution in [0.4, 0.5) is 0 Å². The van der Waals surface area contributed by atoms with Crippen LogP contribution >= 0.6 is 23.2 Å². The molecule has 0 heterocycles. The second-order valence-corrected chi connectivity index (χ2v) is 4.49. The van der Waals surface area contributed by atoms with Gasteiger partial charge in [-0.2, -0.15) is 0 Å². The quantitative estimate of drug-likeness (QED) is 0.809. The Bertz CT molecular complexity index is 312. The van der Waals surface area contributed by atoms with Gasteiger partial charge in [0.25, 0.3) is 0 Å². The molecule has 0 aliphatic heterocycles. The highest BCUT2D eigenvalue weighted by Crippen LogP contribution is 2.28. The van der Waals surface area contributed by atoms with Gasteiger partial charge in [-0.15, -0.1) is 0 Å². The van der Waals surface area contributed by atoms with Crippen molar-refractivity contribution >= 4 is 23.2 Å². The van der Waals surface area contributed by atoms with Crippen LogP contribution in [0.2, 0.25) is 10.0 Å². The lowest BCUT2D eigenvalue weighted by atomic mass is 10.0. The number of rotatable bonds is 5. The fourth-order valence-corrected chi connectivity index (χ4v) is 2.19. The minimum absolute atomic E-state index is 0.328. The van der Waals surface area contributed by atoms with Crippen LogP contribution in [0.25, 0.3) is 0 Å². The topological polar surface area (TPSA) is 12.0 Å².